The monoisotopic (exact) mass is 368 g/mol. The quantitative estimate of drug-likeness (QED) is 0.749. The molecule has 0 radical (unpaired) electrons. The van der Waals surface area contributed by atoms with Crippen molar-refractivity contribution in [2.45, 2.75) is 37.7 Å². The number of rotatable bonds is 2. The fourth-order valence-corrected chi connectivity index (χ4v) is 5.38. The molecular formula is C21H28N4O2. The van der Waals surface area contributed by atoms with Crippen LogP contribution in [0.15, 0.2) is 18.3 Å². The van der Waals surface area contributed by atoms with E-state index in [1.165, 1.54) is 12.0 Å². The summed E-state index contributed by atoms with van der Waals surface area (Å²) in [5.74, 6) is 2.40. The number of hydrogen-bond donors (Lipinski definition) is 0. The lowest BCUT2D eigenvalue weighted by Crippen LogP contribution is -2.50. The maximum atomic E-state index is 13.1. The average Bonchev–Trinajstić information content (AvgIpc) is 3.32. The van der Waals surface area contributed by atoms with E-state index < -0.39 is 0 Å². The number of nitrogens with zero attached hydrogens (tertiary/aromatic N) is 4. The maximum Gasteiger partial charge on any atom is 0.226 e. The van der Waals surface area contributed by atoms with Crippen LogP contribution in [0.4, 0.5) is 5.95 Å². The van der Waals surface area contributed by atoms with Crippen molar-refractivity contribution in [3.8, 4) is 0 Å². The summed E-state index contributed by atoms with van der Waals surface area (Å²) in [6.07, 6.45) is 11.3. The van der Waals surface area contributed by atoms with Crippen LogP contribution in [0.3, 0.4) is 0 Å². The summed E-state index contributed by atoms with van der Waals surface area (Å²) in [5, 5.41) is 0. The summed E-state index contributed by atoms with van der Waals surface area (Å²) in [7, 11) is 3.92. The zero-order valence-corrected chi connectivity index (χ0v) is 16.2. The van der Waals surface area contributed by atoms with Crippen LogP contribution < -0.4 is 4.90 Å². The number of ether oxygens (including phenoxy) is 1. The molecule has 1 spiro atoms. The third-order valence-corrected chi connectivity index (χ3v) is 6.91. The van der Waals surface area contributed by atoms with Gasteiger partial charge in [-0.3, -0.25) is 4.79 Å². The molecular weight excluding hydrogens is 340 g/mol. The Kier molecular flexibility index (Phi) is 4.00. The van der Waals surface area contributed by atoms with Crippen LogP contribution in [-0.4, -0.2) is 54.6 Å². The molecule has 1 aromatic heterocycles. The molecule has 3 atom stereocenters. The molecule has 1 saturated carbocycles. The number of carbonyl (C=O) groups is 1. The van der Waals surface area contributed by atoms with Crippen LogP contribution in [0.2, 0.25) is 0 Å². The Morgan fingerprint density at radius 2 is 2.07 bits per heavy atom. The fourth-order valence-electron chi connectivity index (χ4n) is 5.38. The van der Waals surface area contributed by atoms with Crippen molar-refractivity contribution in [1.82, 2.24) is 14.9 Å². The van der Waals surface area contributed by atoms with Gasteiger partial charge in [0.25, 0.3) is 0 Å². The highest BCUT2D eigenvalue weighted by molar-refractivity contribution is 5.80. The largest absolute Gasteiger partial charge is 0.368 e. The Morgan fingerprint density at radius 3 is 2.74 bits per heavy atom. The number of amides is 1. The molecule has 1 saturated heterocycles. The molecule has 2 aliphatic carbocycles. The second kappa shape index (κ2) is 6.30. The minimum absolute atomic E-state index is 0.205. The van der Waals surface area contributed by atoms with Gasteiger partial charge in [0.05, 0.1) is 12.3 Å². The highest BCUT2D eigenvalue weighted by Gasteiger charge is 2.46. The van der Waals surface area contributed by atoms with Gasteiger partial charge in [0.15, 0.2) is 0 Å². The Bertz CT molecular complexity index is 782. The van der Waals surface area contributed by atoms with Crippen molar-refractivity contribution >= 4 is 11.9 Å². The van der Waals surface area contributed by atoms with Crippen LogP contribution >= 0.6 is 0 Å². The van der Waals surface area contributed by atoms with E-state index in [-0.39, 0.29) is 11.5 Å². The molecule has 0 unspecified atom stereocenters. The van der Waals surface area contributed by atoms with Crippen LogP contribution in [0.1, 0.15) is 36.9 Å². The summed E-state index contributed by atoms with van der Waals surface area (Å²) in [5.41, 5.74) is 1.89. The maximum absolute atomic E-state index is 13.1. The van der Waals surface area contributed by atoms with E-state index in [0.717, 1.165) is 50.4 Å². The number of hydrogen-bond acceptors (Lipinski definition) is 5. The van der Waals surface area contributed by atoms with Crippen LogP contribution in [0.5, 0.6) is 0 Å². The predicted octanol–water partition coefficient (Wildman–Crippen LogP) is 2.15. The van der Waals surface area contributed by atoms with Gasteiger partial charge in [0.2, 0.25) is 11.9 Å². The number of fused-ring (bicyclic) bond motifs is 4. The highest BCUT2D eigenvalue weighted by Crippen LogP contribution is 2.46. The number of carbonyl (C=O) groups excluding carboxylic acids is 1. The van der Waals surface area contributed by atoms with E-state index in [4.69, 9.17) is 9.72 Å². The van der Waals surface area contributed by atoms with E-state index in [0.29, 0.717) is 24.3 Å². The molecule has 4 aliphatic rings. The minimum Gasteiger partial charge on any atom is -0.368 e. The molecule has 27 heavy (non-hydrogen) atoms. The highest BCUT2D eigenvalue weighted by atomic mass is 16.5. The number of aromatic nitrogens is 2. The molecule has 2 bridgehead atoms. The average molecular weight is 368 g/mol. The Labute approximate surface area is 160 Å². The van der Waals surface area contributed by atoms with Crippen molar-refractivity contribution in [2.75, 3.05) is 38.7 Å². The molecule has 6 heteroatoms. The van der Waals surface area contributed by atoms with Gasteiger partial charge in [-0.05, 0) is 49.5 Å². The third-order valence-electron chi connectivity index (χ3n) is 6.91. The van der Waals surface area contributed by atoms with E-state index in [9.17, 15) is 4.79 Å². The molecule has 5 rings (SSSR count). The molecule has 0 aromatic carbocycles. The van der Waals surface area contributed by atoms with Gasteiger partial charge in [-0.25, -0.2) is 9.97 Å². The Morgan fingerprint density at radius 1 is 1.26 bits per heavy atom. The molecule has 1 amide bonds. The number of anilines is 1. The number of allylic oxidation sites excluding steroid dienone is 2. The van der Waals surface area contributed by atoms with Gasteiger partial charge in [0.1, 0.15) is 5.60 Å². The van der Waals surface area contributed by atoms with E-state index in [1.807, 2.05) is 25.2 Å². The van der Waals surface area contributed by atoms with Crippen LogP contribution in [0.25, 0.3) is 0 Å². The van der Waals surface area contributed by atoms with Gasteiger partial charge in [0, 0.05) is 39.3 Å². The van der Waals surface area contributed by atoms with Crippen molar-refractivity contribution < 1.29 is 9.53 Å². The molecule has 2 aliphatic heterocycles. The smallest absolute Gasteiger partial charge is 0.226 e. The van der Waals surface area contributed by atoms with Gasteiger partial charge < -0.3 is 14.5 Å². The lowest BCUT2D eigenvalue weighted by Gasteiger charge is -2.44. The fraction of sp³-hybridized carbons (Fsp3) is 0.667. The van der Waals surface area contributed by atoms with Gasteiger partial charge >= 0.3 is 0 Å². The summed E-state index contributed by atoms with van der Waals surface area (Å²) in [4.78, 5) is 26.4. The molecule has 144 valence electrons. The molecule has 3 heterocycles. The van der Waals surface area contributed by atoms with Crippen molar-refractivity contribution in [1.29, 1.82) is 0 Å². The summed E-state index contributed by atoms with van der Waals surface area (Å²) in [6, 6.07) is 0. The SMILES string of the molecule is CN(C)c1ncc2c(n1)C1(CCN(C(=O)[C@@H]3C[C@@H]4C=C[C@H]3C4)CC1)OCC2. The molecule has 6 nitrogen and oxygen atoms in total. The lowest BCUT2D eigenvalue weighted by molar-refractivity contribution is -0.146. The van der Waals surface area contributed by atoms with Gasteiger partial charge in [-0.2, -0.15) is 0 Å². The molecule has 1 aromatic rings. The lowest BCUT2D eigenvalue weighted by atomic mass is 9.82. The van der Waals surface area contributed by atoms with Gasteiger partial charge in [-0.15, -0.1) is 0 Å². The zero-order chi connectivity index (χ0) is 18.6. The normalized spacial score (nSPS) is 30.6. The first kappa shape index (κ1) is 17.2. The van der Waals surface area contributed by atoms with E-state index in [2.05, 4.69) is 22.0 Å². The Balaban J connectivity index is 1.34. The molecule has 2 fully saturated rings. The van der Waals surface area contributed by atoms with Crippen molar-refractivity contribution in [3.05, 3.63) is 29.6 Å². The van der Waals surface area contributed by atoms with Gasteiger partial charge in [-0.1, -0.05) is 12.2 Å². The van der Waals surface area contributed by atoms with E-state index in [1.54, 1.807) is 0 Å². The summed E-state index contributed by atoms with van der Waals surface area (Å²) < 4.78 is 6.31. The predicted molar refractivity (Wildman–Crippen MR) is 102 cm³/mol. The summed E-state index contributed by atoms with van der Waals surface area (Å²) >= 11 is 0. The topological polar surface area (TPSA) is 58.6 Å². The first-order valence-electron chi connectivity index (χ1n) is 10.2. The standard InChI is InChI=1S/C21H28N4O2/c1-24(2)20-22-13-16-5-10-27-21(18(16)23-20)6-8-25(9-7-21)19(26)17-12-14-3-4-15(17)11-14/h3-4,13-15,17H,5-12H2,1-2H3/t14-,15+,17-/m1/s1. The third kappa shape index (κ3) is 2.76. The Hall–Kier alpha value is -1.95. The first-order chi connectivity index (χ1) is 13.1. The number of likely N-dealkylation sites (tertiary alicyclic amines) is 1. The van der Waals surface area contributed by atoms with Crippen LogP contribution in [0, 0.1) is 17.8 Å². The zero-order valence-electron chi connectivity index (χ0n) is 16.2. The van der Waals surface area contributed by atoms with Crippen molar-refractivity contribution in [3.63, 3.8) is 0 Å². The minimum atomic E-state index is -0.355. The second-order valence-electron chi connectivity index (χ2n) is 8.74. The second-order valence-corrected chi connectivity index (χ2v) is 8.74. The van der Waals surface area contributed by atoms with E-state index >= 15 is 0 Å². The first-order valence-corrected chi connectivity index (χ1v) is 10.2. The summed E-state index contributed by atoms with van der Waals surface area (Å²) in [6.45, 7) is 2.23. The van der Waals surface area contributed by atoms with Crippen molar-refractivity contribution in [2.24, 2.45) is 17.8 Å². The van der Waals surface area contributed by atoms with Crippen LogP contribution in [-0.2, 0) is 21.6 Å². The molecule has 0 N–H and O–H groups in total. The number of piperidine rings is 1.